The maximum absolute atomic E-state index is 13.3. The lowest BCUT2D eigenvalue weighted by molar-refractivity contribution is -0.385. The van der Waals surface area contributed by atoms with Crippen molar-refractivity contribution in [2.75, 3.05) is 6.61 Å². The van der Waals surface area contributed by atoms with E-state index in [1.807, 2.05) is 17.5 Å². The molecule has 166 valence electrons. The molecule has 1 atom stereocenters. The molecule has 1 aliphatic heterocycles. The Morgan fingerprint density at radius 3 is 2.75 bits per heavy atom. The predicted octanol–water partition coefficient (Wildman–Crippen LogP) is 5.02. The lowest BCUT2D eigenvalue weighted by Gasteiger charge is -2.21. The number of halogens is 3. The Bertz CT molecular complexity index is 1160. The molecule has 0 N–H and O–H groups in total. The highest BCUT2D eigenvalue weighted by molar-refractivity contribution is 7.10. The van der Waals surface area contributed by atoms with Gasteiger partial charge in [0.15, 0.2) is 6.61 Å². The minimum absolute atomic E-state index is 0.366. The van der Waals surface area contributed by atoms with Gasteiger partial charge in [-0.3, -0.25) is 14.9 Å². The maximum atomic E-state index is 13.3. The highest BCUT2D eigenvalue weighted by Crippen LogP contribution is 2.39. The molecule has 0 aliphatic carbocycles. The van der Waals surface area contributed by atoms with Crippen LogP contribution in [0.15, 0.2) is 63.6 Å². The molecule has 1 amide bonds. The Balaban J connectivity index is 1.57. The van der Waals surface area contributed by atoms with Gasteiger partial charge in [-0.2, -0.15) is 18.3 Å². The monoisotopic (exact) mass is 465 g/mol. The topological polar surface area (TPSA) is 98.2 Å². The molecule has 1 unspecified atom stereocenters. The number of nitrogens with zero attached hydrogens (tertiary/aromatic N) is 3. The molecule has 32 heavy (non-hydrogen) atoms. The van der Waals surface area contributed by atoms with Crippen LogP contribution in [0.4, 0.5) is 18.9 Å². The van der Waals surface area contributed by atoms with Gasteiger partial charge < -0.3 is 9.15 Å². The second kappa shape index (κ2) is 8.46. The number of rotatable bonds is 6. The standard InChI is InChI=1S/C20H14F3N3O5S/c21-20(22,23)13-9-12(26(28)29)5-6-16(13)31-11-19(27)25-15(18-4-2-8-32-18)10-14(24-25)17-3-1-7-30-17/h1-9,15H,10-11H2. The van der Waals surface area contributed by atoms with Crippen LogP contribution in [0.1, 0.15) is 28.7 Å². The summed E-state index contributed by atoms with van der Waals surface area (Å²) in [7, 11) is 0. The van der Waals surface area contributed by atoms with Gasteiger partial charge in [0.05, 0.1) is 17.2 Å². The van der Waals surface area contributed by atoms with E-state index in [1.165, 1.54) is 22.6 Å². The second-order valence-corrected chi connectivity index (χ2v) is 7.70. The van der Waals surface area contributed by atoms with Crippen molar-refractivity contribution in [3.8, 4) is 5.75 Å². The van der Waals surface area contributed by atoms with Crippen LogP contribution in [0, 0.1) is 10.1 Å². The van der Waals surface area contributed by atoms with Gasteiger partial charge in [0.2, 0.25) is 0 Å². The molecular formula is C20H14F3N3O5S. The van der Waals surface area contributed by atoms with Gasteiger partial charge in [0, 0.05) is 23.4 Å². The Kier molecular flexibility index (Phi) is 5.70. The number of nitro groups is 1. The number of non-ortho nitro benzene ring substituents is 1. The maximum Gasteiger partial charge on any atom is 0.420 e. The Labute approximate surface area is 182 Å². The van der Waals surface area contributed by atoms with Crippen LogP contribution in [0.3, 0.4) is 0 Å². The average Bonchev–Trinajstić information content (AvgIpc) is 3.51. The summed E-state index contributed by atoms with van der Waals surface area (Å²) in [5.41, 5.74) is -1.55. The normalized spacial score (nSPS) is 16.2. The summed E-state index contributed by atoms with van der Waals surface area (Å²) < 4.78 is 50.5. The lowest BCUT2D eigenvalue weighted by Crippen LogP contribution is -2.31. The minimum atomic E-state index is -4.90. The molecule has 3 heterocycles. The van der Waals surface area contributed by atoms with Crippen LogP contribution in [0.5, 0.6) is 5.75 Å². The fraction of sp³-hybridized carbons (Fsp3) is 0.200. The first-order valence-corrected chi connectivity index (χ1v) is 10.1. The van der Waals surface area contributed by atoms with Gasteiger partial charge in [-0.25, -0.2) is 5.01 Å². The number of alkyl halides is 3. The van der Waals surface area contributed by atoms with Crippen LogP contribution in [0.25, 0.3) is 0 Å². The number of nitro benzene ring substituents is 1. The molecule has 2 aromatic heterocycles. The Morgan fingerprint density at radius 2 is 2.12 bits per heavy atom. The summed E-state index contributed by atoms with van der Waals surface area (Å²) in [4.78, 5) is 23.6. The zero-order valence-corrected chi connectivity index (χ0v) is 16.9. The Morgan fingerprint density at radius 1 is 1.31 bits per heavy atom. The quantitative estimate of drug-likeness (QED) is 0.376. The van der Waals surface area contributed by atoms with Crippen LogP contribution in [-0.4, -0.2) is 28.2 Å². The summed E-state index contributed by atoms with van der Waals surface area (Å²) in [6.07, 6.45) is -3.06. The summed E-state index contributed by atoms with van der Waals surface area (Å²) in [5.74, 6) is -0.868. The van der Waals surface area contributed by atoms with Crippen molar-refractivity contribution < 1.29 is 32.0 Å². The fourth-order valence-corrected chi connectivity index (χ4v) is 4.03. The van der Waals surface area contributed by atoms with E-state index < -0.39 is 46.7 Å². The van der Waals surface area contributed by atoms with E-state index in [-0.39, 0.29) is 0 Å². The molecule has 4 rings (SSSR count). The first-order valence-electron chi connectivity index (χ1n) is 9.19. The molecule has 3 aromatic rings. The number of benzene rings is 1. The molecule has 0 spiro atoms. The van der Waals surface area contributed by atoms with Crippen molar-refractivity contribution in [3.63, 3.8) is 0 Å². The third-order valence-corrected chi connectivity index (χ3v) is 5.65. The van der Waals surface area contributed by atoms with Crippen molar-refractivity contribution in [2.45, 2.75) is 18.6 Å². The summed E-state index contributed by atoms with van der Waals surface area (Å²) in [6.45, 7) is -0.738. The largest absolute Gasteiger partial charge is 0.483 e. The molecule has 1 aromatic carbocycles. The van der Waals surface area contributed by atoms with Gasteiger partial charge in [0.25, 0.3) is 11.6 Å². The van der Waals surface area contributed by atoms with E-state index in [4.69, 9.17) is 9.15 Å². The van der Waals surface area contributed by atoms with E-state index in [9.17, 15) is 28.1 Å². The van der Waals surface area contributed by atoms with Crippen LogP contribution < -0.4 is 4.74 Å². The zero-order chi connectivity index (χ0) is 22.9. The molecule has 0 saturated heterocycles. The molecule has 8 nitrogen and oxygen atoms in total. The number of hydrogen-bond acceptors (Lipinski definition) is 7. The van der Waals surface area contributed by atoms with Crippen LogP contribution in [0.2, 0.25) is 0 Å². The smallest absolute Gasteiger partial charge is 0.420 e. The van der Waals surface area contributed by atoms with Crippen molar-refractivity contribution in [1.29, 1.82) is 0 Å². The highest BCUT2D eigenvalue weighted by atomic mass is 32.1. The van der Waals surface area contributed by atoms with Crippen molar-refractivity contribution >= 4 is 28.6 Å². The van der Waals surface area contributed by atoms with Crippen LogP contribution in [-0.2, 0) is 11.0 Å². The molecule has 0 radical (unpaired) electrons. The van der Waals surface area contributed by atoms with Gasteiger partial charge >= 0.3 is 6.18 Å². The van der Waals surface area contributed by atoms with Gasteiger partial charge in [-0.05, 0) is 29.6 Å². The minimum Gasteiger partial charge on any atom is -0.483 e. The summed E-state index contributed by atoms with van der Waals surface area (Å²) in [6, 6.07) is 8.65. The van der Waals surface area contributed by atoms with E-state index in [2.05, 4.69) is 5.10 Å². The average molecular weight is 465 g/mol. The molecule has 0 saturated carbocycles. The third kappa shape index (κ3) is 4.35. The van der Waals surface area contributed by atoms with Crippen molar-refractivity contribution in [1.82, 2.24) is 5.01 Å². The van der Waals surface area contributed by atoms with E-state index in [0.29, 0.717) is 24.0 Å². The third-order valence-electron chi connectivity index (χ3n) is 4.67. The SMILES string of the molecule is O=C(COc1ccc([N+](=O)[O-])cc1C(F)(F)F)N1N=C(c2ccco2)CC1c1cccs1. The number of thiophene rings is 1. The number of hydrogen-bond donors (Lipinski definition) is 0. The number of carbonyl (C=O) groups is 1. The number of carbonyl (C=O) groups excluding carboxylic acids is 1. The fourth-order valence-electron chi connectivity index (χ4n) is 3.22. The summed E-state index contributed by atoms with van der Waals surface area (Å²) in [5, 5.41) is 18.1. The number of furan rings is 1. The predicted molar refractivity (Wildman–Crippen MR) is 107 cm³/mol. The lowest BCUT2D eigenvalue weighted by atomic mass is 10.1. The number of amides is 1. The number of ether oxygens (including phenoxy) is 1. The Hall–Kier alpha value is -3.67. The highest BCUT2D eigenvalue weighted by Gasteiger charge is 2.38. The molecule has 12 heteroatoms. The first kappa shape index (κ1) is 21.6. The second-order valence-electron chi connectivity index (χ2n) is 6.72. The van der Waals surface area contributed by atoms with Crippen molar-refractivity contribution in [3.05, 3.63) is 80.4 Å². The molecule has 0 bridgehead atoms. The van der Waals surface area contributed by atoms with Gasteiger partial charge in [-0.1, -0.05) is 6.07 Å². The summed E-state index contributed by atoms with van der Waals surface area (Å²) >= 11 is 1.41. The van der Waals surface area contributed by atoms with Gasteiger partial charge in [0.1, 0.15) is 22.8 Å². The van der Waals surface area contributed by atoms with E-state index in [0.717, 1.165) is 17.0 Å². The molecule has 1 aliphatic rings. The van der Waals surface area contributed by atoms with E-state index >= 15 is 0 Å². The molecular weight excluding hydrogens is 451 g/mol. The van der Waals surface area contributed by atoms with Gasteiger partial charge in [-0.15, -0.1) is 11.3 Å². The van der Waals surface area contributed by atoms with Crippen LogP contribution >= 0.6 is 11.3 Å². The van der Waals surface area contributed by atoms with E-state index in [1.54, 1.807) is 12.1 Å². The zero-order valence-electron chi connectivity index (χ0n) is 16.1. The molecule has 0 fully saturated rings. The first-order chi connectivity index (χ1) is 15.2. The van der Waals surface area contributed by atoms with Crippen molar-refractivity contribution in [2.24, 2.45) is 5.10 Å². The number of hydrazone groups is 1.